The lowest BCUT2D eigenvalue weighted by atomic mass is 10.2. The Labute approximate surface area is 125 Å². The summed E-state index contributed by atoms with van der Waals surface area (Å²) in [6.45, 7) is 4.60. The average molecular weight is 342 g/mol. The van der Waals surface area contributed by atoms with Gasteiger partial charge in [-0.2, -0.15) is 5.10 Å². The van der Waals surface area contributed by atoms with E-state index in [-0.39, 0.29) is 6.10 Å². The van der Waals surface area contributed by atoms with Crippen LogP contribution in [0.3, 0.4) is 0 Å². The van der Waals surface area contributed by atoms with Gasteiger partial charge in [-0.25, -0.2) is 0 Å². The molecule has 0 N–H and O–H groups in total. The fourth-order valence-electron chi connectivity index (χ4n) is 2.34. The minimum absolute atomic E-state index is 0.232. The number of thiophene rings is 1. The van der Waals surface area contributed by atoms with Gasteiger partial charge in [0.25, 0.3) is 0 Å². The van der Waals surface area contributed by atoms with Crippen molar-refractivity contribution < 1.29 is 4.74 Å². The topological polar surface area (TPSA) is 30.3 Å². The molecule has 0 bridgehead atoms. The average Bonchev–Trinajstić information content (AvgIpc) is 3.02. The smallest absolute Gasteiger partial charge is 0.0898 e. The standard InChI is InChI=1S/C13H16BrN3OS/c14-13-6-11(10-19-13)7-16-4-5-18-12(8-16)9-17-3-1-2-15-17/h1-3,6,10,12H,4-5,7-9H2/t12-/m1/s1. The number of hydrogen-bond acceptors (Lipinski definition) is 4. The zero-order valence-corrected chi connectivity index (χ0v) is 12.9. The molecule has 1 aliphatic rings. The van der Waals surface area contributed by atoms with Gasteiger partial charge in [-0.1, -0.05) is 0 Å². The molecule has 0 unspecified atom stereocenters. The molecule has 1 aliphatic heterocycles. The van der Waals surface area contributed by atoms with Crippen LogP contribution in [0.25, 0.3) is 0 Å². The molecular weight excluding hydrogens is 326 g/mol. The van der Waals surface area contributed by atoms with Crippen molar-refractivity contribution >= 4 is 27.3 Å². The first-order valence-electron chi connectivity index (χ1n) is 6.34. The Kier molecular flexibility index (Phi) is 4.32. The van der Waals surface area contributed by atoms with Crippen molar-refractivity contribution in [2.45, 2.75) is 19.2 Å². The third-order valence-electron chi connectivity index (χ3n) is 3.20. The molecule has 4 nitrogen and oxygen atoms in total. The Balaban J connectivity index is 1.55. The maximum Gasteiger partial charge on any atom is 0.0898 e. The Morgan fingerprint density at radius 1 is 1.53 bits per heavy atom. The summed E-state index contributed by atoms with van der Waals surface area (Å²) in [5.74, 6) is 0. The van der Waals surface area contributed by atoms with Gasteiger partial charge >= 0.3 is 0 Å². The van der Waals surface area contributed by atoms with E-state index in [2.05, 4.69) is 37.4 Å². The fraction of sp³-hybridized carbons (Fsp3) is 0.462. The molecule has 6 heteroatoms. The molecule has 0 amide bonds. The Morgan fingerprint density at radius 2 is 2.47 bits per heavy atom. The molecule has 2 aromatic heterocycles. The Hall–Kier alpha value is -0.690. The van der Waals surface area contributed by atoms with Gasteiger partial charge < -0.3 is 4.74 Å². The van der Waals surface area contributed by atoms with E-state index in [0.29, 0.717) is 0 Å². The van der Waals surface area contributed by atoms with Crippen molar-refractivity contribution in [2.75, 3.05) is 19.7 Å². The van der Waals surface area contributed by atoms with Crippen molar-refractivity contribution in [2.24, 2.45) is 0 Å². The third-order valence-corrected chi connectivity index (χ3v) is 4.75. The minimum Gasteiger partial charge on any atom is -0.374 e. The van der Waals surface area contributed by atoms with Crippen molar-refractivity contribution in [3.05, 3.63) is 39.3 Å². The quantitative estimate of drug-likeness (QED) is 0.856. The zero-order valence-electron chi connectivity index (χ0n) is 10.5. The highest BCUT2D eigenvalue weighted by atomic mass is 79.9. The summed E-state index contributed by atoms with van der Waals surface area (Å²) in [5.41, 5.74) is 1.37. The van der Waals surface area contributed by atoms with Crippen molar-refractivity contribution in [3.63, 3.8) is 0 Å². The van der Waals surface area contributed by atoms with E-state index in [0.717, 1.165) is 32.8 Å². The first-order chi connectivity index (χ1) is 9.29. The van der Waals surface area contributed by atoms with Gasteiger partial charge in [0.1, 0.15) is 0 Å². The summed E-state index contributed by atoms with van der Waals surface area (Å²) in [5, 5.41) is 6.45. The minimum atomic E-state index is 0.232. The molecule has 2 aromatic rings. The van der Waals surface area contributed by atoms with E-state index in [9.17, 15) is 0 Å². The first kappa shape index (κ1) is 13.3. The van der Waals surface area contributed by atoms with E-state index in [1.165, 1.54) is 9.35 Å². The predicted molar refractivity (Wildman–Crippen MR) is 79.3 cm³/mol. The van der Waals surface area contributed by atoms with Gasteiger partial charge in [0, 0.05) is 32.0 Å². The molecule has 0 aromatic carbocycles. The maximum atomic E-state index is 5.82. The molecule has 19 heavy (non-hydrogen) atoms. The van der Waals surface area contributed by atoms with Crippen LogP contribution < -0.4 is 0 Å². The highest BCUT2D eigenvalue weighted by molar-refractivity contribution is 9.11. The van der Waals surface area contributed by atoms with E-state index < -0.39 is 0 Å². The summed E-state index contributed by atoms with van der Waals surface area (Å²) in [6, 6.07) is 4.14. The van der Waals surface area contributed by atoms with Gasteiger partial charge in [-0.05, 0) is 39.0 Å². The number of ether oxygens (including phenoxy) is 1. The molecule has 0 saturated carbocycles. The van der Waals surface area contributed by atoms with E-state index in [1.807, 2.05) is 23.1 Å². The second kappa shape index (κ2) is 6.17. The lowest BCUT2D eigenvalue weighted by Gasteiger charge is -2.32. The number of rotatable bonds is 4. The largest absolute Gasteiger partial charge is 0.374 e. The first-order valence-corrected chi connectivity index (χ1v) is 8.01. The van der Waals surface area contributed by atoms with Gasteiger partial charge in [0.15, 0.2) is 0 Å². The molecule has 1 atom stereocenters. The van der Waals surface area contributed by atoms with Crippen LogP contribution in [-0.2, 0) is 17.8 Å². The van der Waals surface area contributed by atoms with Crippen LogP contribution in [0.1, 0.15) is 5.56 Å². The Morgan fingerprint density at radius 3 is 3.21 bits per heavy atom. The molecule has 0 aliphatic carbocycles. The van der Waals surface area contributed by atoms with E-state index in [1.54, 1.807) is 11.3 Å². The van der Waals surface area contributed by atoms with Crippen molar-refractivity contribution in [1.29, 1.82) is 0 Å². The van der Waals surface area contributed by atoms with Gasteiger partial charge in [0.2, 0.25) is 0 Å². The van der Waals surface area contributed by atoms with Gasteiger partial charge in [0.05, 0.1) is 23.0 Å². The number of halogens is 1. The van der Waals surface area contributed by atoms with Crippen LogP contribution >= 0.6 is 27.3 Å². The van der Waals surface area contributed by atoms with Gasteiger partial charge in [-0.3, -0.25) is 9.58 Å². The van der Waals surface area contributed by atoms with Crippen LogP contribution in [0, 0.1) is 0 Å². The van der Waals surface area contributed by atoms with E-state index in [4.69, 9.17) is 4.74 Å². The molecule has 0 radical (unpaired) electrons. The second-order valence-corrected chi connectivity index (χ2v) is 7.01. The molecular formula is C13H16BrN3OS. The summed E-state index contributed by atoms with van der Waals surface area (Å²) >= 11 is 5.25. The number of hydrogen-bond donors (Lipinski definition) is 0. The van der Waals surface area contributed by atoms with Gasteiger partial charge in [-0.15, -0.1) is 11.3 Å². The highest BCUT2D eigenvalue weighted by Gasteiger charge is 2.21. The second-order valence-electron chi connectivity index (χ2n) is 4.72. The monoisotopic (exact) mass is 341 g/mol. The van der Waals surface area contributed by atoms with E-state index >= 15 is 0 Å². The van der Waals surface area contributed by atoms with Crippen molar-refractivity contribution in [1.82, 2.24) is 14.7 Å². The summed E-state index contributed by atoms with van der Waals surface area (Å²) in [7, 11) is 0. The molecule has 3 heterocycles. The lowest BCUT2D eigenvalue weighted by molar-refractivity contribution is -0.0401. The normalized spacial score (nSPS) is 20.8. The number of aromatic nitrogens is 2. The van der Waals surface area contributed by atoms with Crippen LogP contribution in [0.5, 0.6) is 0 Å². The molecule has 3 rings (SSSR count). The summed E-state index contributed by atoms with van der Waals surface area (Å²) in [4.78, 5) is 2.45. The molecule has 1 fully saturated rings. The zero-order chi connectivity index (χ0) is 13.1. The third kappa shape index (κ3) is 3.66. The summed E-state index contributed by atoms with van der Waals surface area (Å²) in [6.07, 6.45) is 4.03. The molecule has 0 spiro atoms. The predicted octanol–water partition coefficient (Wildman–Crippen LogP) is 2.61. The SMILES string of the molecule is Brc1cc(CN2CCO[C@@H](Cn3cccn3)C2)cs1. The van der Waals surface area contributed by atoms with Crippen molar-refractivity contribution in [3.8, 4) is 0 Å². The number of nitrogens with zero attached hydrogens (tertiary/aromatic N) is 3. The molecule has 102 valence electrons. The lowest BCUT2D eigenvalue weighted by Crippen LogP contribution is -2.43. The summed E-state index contributed by atoms with van der Waals surface area (Å²) < 4.78 is 8.95. The van der Waals surface area contributed by atoms with Crippen LogP contribution in [0.15, 0.2) is 33.7 Å². The maximum absolute atomic E-state index is 5.82. The molecule has 1 saturated heterocycles. The van der Waals surface area contributed by atoms with Crippen LogP contribution in [0.2, 0.25) is 0 Å². The van der Waals surface area contributed by atoms with Crippen LogP contribution in [0.4, 0.5) is 0 Å². The Bertz CT molecular complexity index is 514. The highest BCUT2D eigenvalue weighted by Crippen LogP contribution is 2.22. The number of morpholine rings is 1. The van der Waals surface area contributed by atoms with Crippen LogP contribution in [-0.4, -0.2) is 40.5 Å². The fourth-order valence-corrected chi connectivity index (χ4v) is 3.54.